The van der Waals surface area contributed by atoms with Crippen LogP contribution in [0.4, 0.5) is 0 Å². The van der Waals surface area contributed by atoms with E-state index in [1.54, 1.807) is 13.2 Å². The molecule has 1 aromatic carbocycles. The molecule has 6 nitrogen and oxygen atoms in total. The molecule has 0 aromatic heterocycles. The van der Waals surface area contributed by atoms with E-state index in [9.17, 15) is 14.7 Å². The summed E-state index contributed by atoms with van der Waals surface area (Å²) in [6.07, 6.45) is 12.4. The minimum Gasteiger partial charge on any atom is -0.495 e. The Bertz CT molecular complexity index is 1020. The number of methoxy groups -OCH3 is 1. The molecule has 0 radical (unpaired) electrons. The number of nitrogens with zero attached hydrogens (tertiary/aromatic N) is 1. The van der Waals surface area contributed by atoms with Gasteiger partial charge in [0.1, 0.15) is 11.9 Å². The van der Waals surface area contributed by atoms with Gasteiger partial charge in [0.25, 0.3) is 5.91 Å². The van der Waals surface area contributed by atoms with Gasteiger partial charge in [0.15, 0.2) is 0 Å². The SMILES string of the molecule is COc1c(Cl)cc(C(=O)O)cc1C1=CCC([C@H]2CC23CCN(C(=O)[C@H]2CCCO2)CC3)C=C1. The van der Waals surface area contributed by atoms with Gasteiger partial charge in [-0.05, 0) is 73.5 Å². The summed E-state index contributed by atoms with van der Waals surface area (Å²) < 4.78 is 11.1. The number of hydrogen-bond acceptors (Lipinski definition) is 4. The molecule has 2 saturated heterocycles. The first-order chi connectivity index (χ1) is 15.9. The molecule has 3 fully saturated rings. The van der Waals surface area contributed by atoms with Gasteiger partial charge >= 0.3 is 5.97 Å². The largest absolute Gasteiger partial charge is 0.495 e. The number of carbonyl (C=O) groups excluding carboxylic acids is 1. The predicted octanol–water partition coefficient (Wildman–Crippen LogP) is 4.81. The highest BCUT2D eigenvalue weighted by molar-refractivity contribution is 6.32. The molecule has 1 unspecified atom stereocenters. The van der Waals surface area contributed by atoms with Crippen LogP contribution in [0.2, 0.25) is 5.02 Å². The number of likely N-dealkylation sites (tertiary alicyclic amines) is 1. The van der Waals surface area contributed by atoms with Crippen LogP contribution in [-0.2, 0) is 9.53 Å². The van der Waals surface area contributed by atoms with E-state index in [0.29, 0.717) is 40.2 Å². The van der Waals surface area contributed by atoms with Crippen molar-refractivity contribution in [1.82, 2.24) is 4.90 Å². The zero-order valence-electron chi connectivity index (χ0n) is 18.9. The normalized spacial score (nSPS) is 28.0. The van der Waals surface area contributed by atoms with E-state index in [1.807, 2.05) is 4.90 Å². The number of amides is 1. The number of allylic oxidation sites excluding steroid dienone is 4. The van der Waals surface area contributed by atoms with E-state index >= 15 is 0 Å². The highest BCUT2D eigenvalue weighted by Gasteiger charge is 2.57. The Kier molecular flexibility index (Phi) is 6.00. The summed E-state index contributed by atoms with van der Waals surface area (Å²) in [7, 11) is 1.55. The number of carbonyl (C=O) groups is 2. The Morgan fingerprint density at radius 2 is 2.06 bits per heavy atom. The van der Waals surface area contributed by atoms with Crippen molar-refractivity contribution in [3.05, 3.63) is 46.5 Å². The third kappa shape index (κ3) is 4.19. The third-order valence-electron chi connectivity index (χ3n) is 7.98. The molecule has 1 N–H and O–H groups in total. The number of hydrogen-bond donors (Lipinski definition) is 1. The number of piperidine rings is 1. The predicted molar refractivity (Wildman–Crippen MR) is 126 cm³/mol. The van der Waals surface area contributed by atoms with Gasteiger partial charge in [-0.25, -0.2) is 4.79 Å². The van der Waals surface area contributed by atoms with Crippen LogP contribution in [0.15, 0.2) is 30.4 Å². The van der Waals surface area contributed by atoms with Gasteiger partial charge in [-0.3, -0.25) is 4.79 Å². The Labute approximate surface area is 199 Å². The molecule has 5 rings (SSSR count). The summed E-state index contributed by atoms with van der Waals surface area (Å²) in [6.45, 7) is 2.38. The molecule has 1 saturated carbocycles. The lowest BCUT2D eigenvalue weighted by Crippen LogP contribution is -2.44. The number of halogens is 1. The number of rotatable bonds is 5. The number of ether oxygens (including phenoxy) is 2. The first-order valence-electron chi connectivity index (χ1n) is 11.8. The van der Waals surface area contributed by atoms with Crippen molar-refractivity contribution in [1.29, 1.82) is 0 Å². The molecule has 2 aliphatic carbocycles. The summed E-state index contributed by atoms with van der Waals surface area (Å²) in [5.41, 5.74) is 2.17. The van der Waals surface area contributed by atoms with E-state index < -0.39 is 5.97 Å². The minimum atomic E-state index is -1.01. The van der Waals surface area contributed by atoms with Gasteiger partial charge < -0.3 is 19.5 Å². The summed E-state index contributed by atoms with van der Waals surface area (Å²) in [4.78, 5) is 26.1. The highest BCUT2D eigenvalue weighted by atomic mass is 35.5. The van der Waals surface area contributed by atoms with Gasteiger partial charge in [-0.1, -0.05) is 29.8 Å². The van der Waals surface area contributed by atoms with Crippen LogP contribution in [0.5, 0.6) is 5.75 Å². The molecule has 2 aliphatic heterocycles. The van der Waals surface area contributed by atoms with Crippen LogP contribution in [0.25, 0.3) is 5.57 Å². The minimum absolute atomic E-state index is 0.151. The number of benzene rings is 1. The third-order valence-corrected chi connectivity index (χ3v) is 8.27. The van der Waals surface area contributed by atoms with Crippen LogP contribution >= 0.6 is 11.6 Å². The Balaban J connectivity index is 1.22. The second-order valence-corrected chi connectivity index (χ2v) is 10.2. The van der Waals surface area contributed by atoms with E-state index in [1.165, 1.54) is 12.5 Å². The smallest absolute Gasteiger partial charge is 0.335 e. The first kappa shape index (κ1) is 22.5. The molecular weight excluding hydrogens is 442 g/mol. The molecule has 3 atom stereocenters. The van der Waals surface area contributed by atoms with E-state index in [0.717, 1.165) is 50.8 Å². The first-order valence-corrected chi connectivity index (χ1v) is 12.2. The van der Waals surface area contributed by atoms with Crippen LogP contribution < -0.4 is 4.74 Å². The van der Waals surface area contributed by atoms with Gasteiger partial charge in [0.2, 0.25) is 0 Å². The molecule has 1 aromatic rings. The van der Waals surface area contributed by atoms with Crippen molar-refractivity contribution in [3.63, 3.8) is 0 Å². The maximum absolute atomic E-state index is 12.7. The van der Waals surface area contributed by atoms with Gasteiger partial charge in [0, 0.05) is 25.3 Å². The van der Waals surface area contributed by atoms with Crippen LogP contribution in [-0.4, -0.2) is 54.8 Å². The molecule has 7 heteroatoms. The number of carboxylic acids is 1. The van der Waals surface area contributed by atoms with Crippen molar-refractivity contribution in [2.75, 3.05) is 26.8 Å². The fourth-order valence-electron chi connectivity index (χ4n) is 5.98. The Hall–Kier alpha value is -2.31. The van der Waals surface area contributed by atoms with Crippen LogP contribution in [0.1, 0.15) is 54.4 Å². The molecular formula is C26H30ClNO5. The van der Waals surface area contributed by atoms with E-state index in [4.69, 9.17) is 21.1 Å². The molecule has 0 bridgehead atoms. The Morgan fingerprint density at radius 1 is 1.27 bits per heavy atom. The van der Waals surface area contributed by atoms with Crippen LogP contribution in [0.3, 0.4) is 0 Å². The second kappa shape index (κ2) is 8.80. The lowest BCUT2D eigenvalue weighted by Gasteiger charge is -2.35. The second-order valence-electron chi connectivity index (χ2n) is 9.76. The molecule has 2 heterocycles. The summed E-state index contributed by atoms with van der Waals surface area (Å²) in [5, 5.41) is 9.71. The maximum atomic E-state index is 12.7. The molecule has 1 spiro atoms. The van der Waals surface area contributed by atoms with Crippen molar-refractivity contribution in [3.8, 4) is 5.75 Å². The summed E-state index contributed by atoms with van der Waals surface area (Å²) in [5.74, 6) is 0.784. The fourth-order valence-corrected chi connectivity index (χ4v) is 6.28. The zero-order chi connectivity index (χ0) is 23.2. The maximum Gasteiger partial charge on any atom is 0.335 e. The van der Waals surface area contributed by atoms with Crippen LogP contribution in [0, 0.1) is 17.3 Å². The van der Waals surface area contributed by atoms with Gasteiger partial charge in [0.05, 0.1) is 17.7 Å². The van der Waals surface area contributed by atoms with E-state index in [-0.39, 0.29) is 17.6 Å². The van der Waals surface area contributed by atoms with Gasteiger partial charge in [-0.15, -0.1) is 0 Å². The average Bonchev–Trinajstić information content (AvgIpc) is 3.24. The van der Waals surface area contributed by atoms with Gasteiger partial charge in [-0.2, -0.15) is 0 Å². The van der Waals surface area contributed by atoms with Crippen molar-refractivity contribution < 1.29 is 24.2 Å². The topological polar surface area (TPSA) is 76.1 Å². The van der Waals surface area contributed by atoms with Crippen molar-refractivity contribution in [2.24, 2.45) is 17.3 Å². The highest BCUT2D eigenvalue weighted by Crippen LogP contribution is 2.64. The standard InChI is InChI=1S/C26H30ClNO5/c1-32-23-19(13-18(25(30)31)14-21(23)27)16-4-6-17(7-5-16)20-15-26(20)8-10-28(11-9-26)24(29)22-3-2-12-33-22/h4-6,13-14,17,20,22H,2-3,7-12,15H2,1H3,(H,30,31)/t17?,20-,22-/m1/s1. The summed E-state index contributed by atoms with van der Waals surface area (Å²) in [6, 6.07) is 3.05. The monoisotopic (exact) mass is 471 g/mol. The Morgan fingerprint density at radius 3 is 2.67 bits per heavy atom. The lowest BCUT2D eigenvalue weighted by molar-refractivity contribution is -0.142. The lowest BCUT2D eigenvalue weighted by atomic mass is 9.82. The zero-order valence-corrected chi connectivity index (χ0v) is 19.6. The van der Waals surface area contributed by atoms with E-state index in [2.05, 4.69) is 18.2 Å². The molecule has 4 aliphatic rings. The average molecular weight is 472 g/mol. The molecule has 1 amide bonds. The van der Waals surface area contributed by atoms with Crippen molar-refractivity contribution >= 4 is 29.1 Å². The number of aromatic carboxylic acids is 1. The molecule has 176 valence electrons. The number of carboxylic acid groups (broad SMARTS) is 1. The summed E-state index contributed by atoms with van der Waals surface area (Å²) >= 11 is 6.28. The fraction of sp³-hybridized carbons (Fsp3) is 0.538. The quantitative estimate of drug-likeness (QED) is 0.666. The van der Waals surface area contributed by atoms with Crippen molar-refractivity contribution in [2.45, 2.75) is 44.6 Å². The molecule has 33 heavy (non-hydrogen) atoms.